The van der Waals surface area contributed by atoms with Crippen LogP contribution in [0, 0.1) is 0 Å². The first-order chi connectivity index (χ1) is 8.75. The molecule has 5 nitrogen and oxygen atoms in total. The van der Waals surface area contributed by atoms with E-state index in [1.807, 2.05) is 0 Å². The summed E-state index contributed by atoms with van der Waals surface area (Å²) >= 11 is 0. The van der Waals surface area contributed by atoms with Crippen molar-refractivity contribution in [2.24, 2.45) is 0 Å². The molecule has 0 saturated carbocycles. The Bertz CT molecular complexity index is 541. The Balaban J connectivity index is 1.94. The SMILES string of the molecule is O=C(NC(=O)c1cccnc1)Oc1ccccc1. The number of amides is 2. The fraction of sp³-hybridized carbons (Fsp3) is 0. The molecule has 2 rings (SSSR count). The molecule has 2 aromatic rings. The Labute approximate surface area is 103 Å². The maximum absolute atomic E-state index is 11.6. The van der Waals surface area contributed by atoms with Gasteiger partial charge in [-0.2, -0.15) is 0 Å². The summed E-state index contributed by atoms with van der Waals surface area (Å²) in [5, 5.41) is 2.10. The second kappa shape index (κ2) is 5.58. The first-order valence-corrected chi connectivity index (χ1v) is 5.24. The highest BCUT2D eigenvalue weighted by Crippen LogP contribution is 2.08. The van der Waals surface area contributed by atoms with Crippen LogP contribution in [0.5, 0.6) is 5.75 Å². The molecule has 90 valence electrons. The van der Waals surface area contributed by atoms with E-state index in [1.165, 1.54) is 6.20 Å². The number of benzene rings is 1. The van der Waals surface area contributed by atoms with Crippen molar-refractivity contribution in [3.63, 3.8) is 0 Å². The third-order valence-corrected chi connectivity index (χ3v) is 2.09. The van der Waals surface area contributed by atoms with Gasteiger partial charge in [-0.1, -0.05) is 18.2 Å². The van der Waals surface area contributed by atoms with E-state index in [4.69, 9.17) is 4.74 Å². The number of imide groups is 1. The zero-order valence-corrected chi connectivity index (χ0v) is 9.37. The van der Waals surface area contributed by atoms with E-state index in [9.17, 15) is 9.59 Å². The molecular formula is C13H10N2O3. The largest absolute Gasteiger partial charge is 0.419 e. The molecule has 0 saturated heterocycles. The molecule has 0 atom stereocenters. The highest BCUT2D eigenvalue weighted by Gasteiger charge is 2.11. The minimum atomic E-state index is -0.824. The topological polar surface area (TPSA) is 68.3 Å². The first kappa shape index (κ1) is 11.8. The van der Waals surface area contributed by atoms with E-state index in [0.717, 1.165) is 0 Å². The van der Waals surface area contributed by atoms with Gasteiger partial charge in [0, 0.05) is 12.4 Å². The lowest BCUT2D eigenvalue weighted by Gasteiger charge is -2.05. The Morgan fingerprint density at radius 2 is 1.83 bits per heavy atom. The second-order valence-corrected chi connectivity index (χ2v) is 3.40. The summed E-state index contributed by atoms with van der Waals surface area (Å²) in [4.78, 5) is 26.8. The summed E-state index contributed by atoms with van der Waals surface area (Å²) in [7, 11) is 0. The molecule has 5 heteroatoms. The molecule has 2 amide bonds. The number of carbonyl (C=O) groups excluding carboxylic acids is 2. The first-order valence-electron chi connectivity index (χ1n) is 5.24. The van der Waals surface area contributed by atoms with E-state index in [2.05, 4.69) is 10.3 Å². The van der Waals surface area contributed by atoms with E-state index in [-0.39, 0.29) is 0 Å². The lowest BCUT2D eigenvalue weighted by molar-refractivity contribution is 0.0950. The molecule has 0 fully saturated rings. The van der Waals surface area contributed by atoms with Gasteiger partial charge in [0.15, 0.2) is 0 Å². The number of aromatic nitrogens is 1. The minimum absolute atomic E-state index is 0.294. The third-order valence-electron chi connectivity index (χ3n) is 2.09. The molecule has 1 heterocycles. The van der Waals surface area contributed by atoms with Crippen molar-refractivity contribution >= 4 is 12.0 Å². The van der Waals surface area contributed by atoms with Gasteiger partial charge in [-0.15, -0.1) is 0 Å². The van der Waals surface area contributed by atoms with E-state index < -0.39 is 12.0 Å². The van der Waals surface area contributed by atoms with Crippen molar-refractivity contribution in [1.82, 2.24) is 10.3 Å². The molecule has 1 N–H and O–H groups in total. The fourth-order valence-corrected chi connectivity index (χ4v) is 1.28. The fourth-order valence-electron chi connectivity index (χ4n) is 1.28. The van der Waals surface area contributed by atoms with Crippen LogP contribution in [-0.4, -0.2) is 17.0 Å². The molecule has 0 spiro atoms. The number of pyridine rings is 1. The van der Waals surface area contributed by atoms with Crippen molar-refractivity contribution in [3.05, 3.63) is 60.4 Å². The van der Waals surface area contributed by atoms with Crippen molar-refractivity contribution in [1.29, 1.82) is 0 Å². The van der Waals surface area contributed by atoms with Crippen LogP contribution >= 0.6 is 0 Å². The average Bonchev–Trinajstić information content (AvgIpc) is 2.40. The summed E-state index contributed by atoms with van der Waals surface area (Å²) in [6, 6.07) is 11.7. The van der Waals surface area contributed by atoms with Crippen molar-refractivity contribution in [2.75, 3.05) is 0 Å². The molecule has 18 heavy (non-hydrogen) atoms. The summed E-state index contributed by atoms with van der Waals surface area (Å²) < 4.78 is 4.92. The molecule has 0 aliphatic carbocycles. The van der Waals surface area contributed by atoms with Crippen LogP contribution in [-0.2, 0) is 0 Å². The monoisotopic (exact) mass is 242 g/mol. The van der Waals surface area contributed by atoms with Crippen molar-refractivity contribution in [3.8, 4) is 5.75 Å². The lowest BCUT2D eigenvalue weighted by atomic mass is 10.3. The smallest absolute Gasteiger partial charge is 0.410 e. The molecule has 0 aliphatic rings. The van der Waals surface area contributed by atoms with Crippen LogP contribution < -0.4 is 10.1 Å². The summed E-state index contributed by atoms with van der Waals surface area (Å²) in [6.07, 6.45) is 2.08. The maximum Gasteiger partial charge on any atom is 0.419 e. The number of rotatable bonds is 2. The number of nitrogens with one attached hydrogen (secondary N) is 1. The van der Waals surface area contributed by atoms with Crippen molar-refractivity contribution in [2.45, 2.75) is 0 Å². The average molecular weight is 242 g/mol. The predicted molar refractivity (Wildman–Crippen MR) is 64.2 cm³/mol. The van der Waals surface area contributed by atoms with E-state index in [0.29, 0.717) is 11.3 Å². The maximum atomic E-state index is 11.6. The Morgan fingerprint density at radius 3 is 2.50 bits per heavy atom. The van der Waals surface area contributed by atoms with Gasteiger partial charge in [-0.3, -0.25) is 15.1 Å². The standard InChI is InChI=1S/C13H10N2O3/c16-12(10-5-4-8-14-9-10)15-13(17)18-11-6-2-1-3-7-11/h1-9H,(H,15,16,17). The van der Waals surface area contributed by atoms with Gasteiger partial charge in [0.2, 0.25) is 0 Å². The van der Waals surface area contributed by atoms with Crippen LogP contribution in [0.25, 0.3) is 0 Å². The van der Waals surface area contributed by atoms with E-state index in [1.54, 1.807) is 48.7 Å². The number of carbonyl (C=O) groups is 2. The van der Waals surface area contributed by atoms with Crippen LogP contribution in [0.1, 0.15) is 10.4 Å². The van der Waals surface area contributed by atoms with Gasteiger partial charge < -0.3 is 4.74 Å². The third kappa shape index (κ3) is 3.15. The molecule has 0 aliphatic heterocycles. The quantitative estimate of drug-likeness (QED) is 0.874. The second-order valence-electron chi connectivity index (χ2n) is 3.40. The number of nitrogens with zero attached hydrogens (tertiary/aromatic N) is 1. The highest BCUT2D eigenvalue weighted by atomic mass is 16.6. The van der Waals surface area contributed by atoms with Crippen LogP contribution in [0.2, 0.25) is 0 Å². The normalized spacial score (nSPS) is 9.56. The predicted octanol–water partition coefficient (Wildman–Crippen LogP) is 2.01. The summed E-state index contributed by atoms with van der Waals surface area (Å²) in [5.41, 5.74) is 0.294. The van der Waals surface area contributed by atoms with Crippen LogP contribution in [0.15, 0.2) is 54.9 Å². The number of hydrogen-bond acceptors (Lipinski definition) is 4. The zero-order valence-electron chi connectivity index (χ0n) is 9.37. The van der Waals surface area contributed by atoms with Gasteiger partial charge >= 0.3 is 6.09 Å². The van der Waals surface area contributed by atoms with Gasteiger partial charge in [0.25, 0.3) is 5.91 Å². The molecule has 1 aromatic carbocycles. The van der Waals surface area contributed by atoms with Crippen LogP contribution in [0.4, 0.5) is 4.79 Å². The molecule has 0 bridgehead atoms. The van der Waals surface area contributed by atoms with Gasteiger partial charge in [-0.25, -0.2) is 4.79 Å². The van der Waals surface area contributed by atoms with Crippen LogP contribution in [0.3, 0.4) is 0 Å². The van der Waals surface area contributed by atoms with Gasteiger partial charge in [-0.05, 0) is 24.3 Å². The van der Waals surface area contributed by atoms with E-state index >= 15 is 0 Å². The Hall–Kier alpha value is -2.69. The molecule has 0 radical (unpaired) electrons. The summed E-state index contributed by atoms with van der Waals surface area (Å²) in [6.45, 7) is 0. The van der Waals surface area contributed by atoms with Gasteiger partial charge in [0.05, 0.1) is 5.56 Å². The zero-order chi connectivity index (χ0) is 12.8. The lowest BCUT2D eigenvalue weighted by Crippen LogP contribution is -2.32. The molecular weight excluding hydrogens is 232 g/mol. The number of hydrogen-bond donors (Lipinski definition) is 1. The minimum Gasteiger partial charge on any atom is -0.410 e. The highest BCUT2D eigenvalue weighted by molar-refractivity contribution is 6.02. The molecule has 1 aromatic heterocycles. The van der Waals surface area contributed by atoms with Crippen molar-refractivity contribution < 1.29 is 14.3 Å². The Morgan fingerprint density at radius 1 is 1.06 bits per heavy atom. The number of para-hydroxylation sites is 1. The van der Waals surface area contributed by atoms with Gasteiger partial charge in [0.1, 0.15) is 5.75 Å². The molecule has 0 unspecified atom stereocenters. The summed E-state index contributed by atoms with van der Waals surface area (Å²) in [5.74, 6) is -0.182. The number of ether oxygens (including phenoxy) is 1. The Kier molecular flexibility index (Phi) is 3.66.